The van der Waals surface area contributed by atoms with E-state index < -0.39 is 0 Å². The second-order valence-corrected chi connectivity index (χ2v) is 16.4. The van der Waals surface area contributed by atoms with E-state index in [0.717, 1.165) is 22.7 Å². The van der Waals surface area contributed by atoms with Gasteiger partial charge in [0.25, 0.3) is 0 Å². The van der Waals surface area contributed by atoms with Crippen LogP contribution in [0.3, 0.4) is 0 Å². The number of nitrogens with zero attached hydrogens (tertiary/aromatic N) is 2. The predicted molar refractivity (Wildman–Crippen MR) is 255 cm³/mol. The van der Waals surface area contributed by atoms with Gasteiger partial charge in [-0.15, -0.1) is 0 Å². The summed E-state index contributed by atoms with van der Waals surface area (Å²) in [6, 6.07) is 85.2. The molecule has 61 heavy (non-hydrogen) atoms. The summed E-state index contributed by atoms with van der Waals surface area (Å²) in [6.07, 6.45) is 0. The molecule has 2 aliphatic rings. The number of aromatic nitrogens is 1. The lowest BCUT2D eigenvalue weighted by Gasteiger charge is -2.30. The van der Waals surface area contributed by atoms with Crippen molar-refractivity contribution in [3.63, 3.8) is 0 Å². The first-order valence-electron chi connectivity index (χ1n) is 21.2. The van der Waals surface area contributed by atoms with Crippen LogP contribution in [0.4, 0.5) is 17.1 Å². The molecule has 2 heteroatoms. The Morgan fingerprint density at radius 3 is 1.64 bits per heavy atom. The van der Waals surface area contributed by atoms with E-state index in [0.29, 0.717) is 0 Å². The van der Waals surface area contributed by atoms with Crippen LogP contribution in [-0.4, -0.2) is 4.57 Å². The van der Waals surface area contributed by atoms with Gasteiger partial charge in [-0.25, -0.2) is 0 Å². The van der Waals surface area contributed by atoms with Crippen molar-refractivity contribution in [2.75, 3.05) is 4.90 Å². The van der Waals surface area contributed by atoms with Crippen molar-refractivity contribution in [3.05, 3.63) is 253 Å². The van der Waals surface area contributed by atoms with Gasteiger partial charge in [-0.1, -0.05) is 176 Å². The van der Waals surface area contributed by atoms with Crippen LogP contribution in [0.15, 0.2) is 231 Å². The van der Waals surface area contributed by atoms with Crippen molar-refractivity contribution in [2.24, 2.45) is 0 Å². The van der Waals surface area contributed by atoms with Crippen LogP contribution in [0.25, 0.3) is 71.6 Å². The molecule has 0 atom stereocenters. The zero-order valence-electron chi connectivity index (χ0n) is 33.3. The van der Waals surface area contributed by atoms with E-state index in [2.05, 4.69) is 240 Å². The van der Waals surface area contributed by atoms with Gasteiger partial charge >= 0.3 is 0 Å². The summed E-state index contributed by atoms with van der Waals surface area (Å²) in [7, 11) is 0. The highest BCUT2D eigenvalue weighted by Crippen LogP contribution is 2.64. The molecule has 2 aliphatic carbocycles. The second kappa shape index (κ2) is 13.0. The van der Waals surface area contributed by atoms with Crippen LogP contribution in [0.2, 0.25) is 0 Å². The zero-order valence-corrected chi connectivity index (χ0v) is 33.3. The minimum atomic E-state index is -0.372. The number of anilines is 3. The van der Waals surface area contributed by atoms with Gasteiger partial charge < -0.3 is 9.47 Å². The third-order valence-corrected chi connectivity index (χ3v) is 13.4. The van der Waals surface area contributed by atoms with Crippen molar-refractivity contribution >= 4 is 49.6 Å². The molecule has 0 amide bonds. The van der Waals surface area contributed by atoms with E-state index >= 15 is 0 Å². The van der Waals surface area contributed by atoms with Crippen LogP contribution in [0, 0.1) is 0 Å². The Balaban J connectivity index is 0.995. The highest BCUT2D eigenvalue weighted by molar-refractivity contribution is 6.10. The molecule has 0 fully saturated rings. The number of benzene rings is 10. The summed E-state index contributed by atoms with van der Waals surface area (Å²) < 4.78 is 2.40. The minimum Gasteiger partial charge on any atom is -0.310 e. The SMILES string of the molecule is c1ccc(-n2c3ccccc3c3ccc(N(c4ccc(-c5cccc6c5-c5ccccc5C65c6ccccc6-c6ccccc65)cc4)c4ccc5ccccc5c4)cc32)cc1. The summed E-state index contributed by atoms with van der Waals surface area (Å²) in [5, 5.41) is 4.92. The Morgan fingerprint density at radius 2 is 0.869 bits per heavy atom. The minimum absolute atomic E-state index is 0.372. The Morgan fingerprint density at radius 1 is 0.328 bits per heavy atom. The van der Waals surface area contributed by atoms with E-state index in [1.54, 1.807) is 0 Å². The predicted octanol–water partition coefficient (Wildman–Crippen LogP) is 15.4. The molecule has 0 unspecified atom stereocenters. The fraction of sp³-hybridized carbons (Fsp3) is 0.0169. The zero-order chi connectivity index (χ0) is 40.1. The van der Waals surface area contributed by atoms with Gasteiger partial charge in [0.1, 0.15) is 0 Å². The largest absolute Gasteiger partial charge is 0.310 e. The smallest absolute Gasteiger partial charge is 0.0725 e. The normalized spacial score (nSPS) is 13.0. The number of hydrogen-bond acceptors (Lipinski definition) is 1. The molecule has 1 heterocycles. The Hall–Kier alpha value is -7.94. The van der Waals surface area contributed by atoms with Crippen LogP contribution in [-0.2, 0) is 5.41 Å². The highest BCUT2D eigenvalue weighted by atomic mass is 15.1. The Kier molecular flexibility index (Phi) is 7.26. The molecule has 1 aromatic heterocycles. The molecule has 2 nitrogen and oxygen atoms in total. The quantitative estimate of drug-likeness (QED) is 0.169. The number of rotatable bonds is 5. The summed E-state index contributed by atoms with van der Waals surface area (Å²) >= 11 is 0. The van der Waals surface area contributed by atoms with Crippen LogP contribution >= 0.6 is 0 Å². The molecule has 0 saturated heterocycles. The van der Waals surface area contributed by atoms with Gasteiger partial charge in [0.15, 0.2) is 0 Å². The van der Waals surface area contributed by atoms with Gasteiger partial charge in [-0.3, -0.25) is 0 Å². The van der Waals surface area contributed by atoms with Crippen molar-refractivity contribution in [1.82, 2.24) is 4.57 Å². The fourth-order valence-electron chi connectivity index (χ4n) is 10.9. The lowest BCUT2D eigenvalue weighted by atomic mass is 9.70. The summed E-state index contributed by atoms with van der Waals surface area (Å²) in [6.45, 7) is 0. The molecule has 10 aromatic carbocycles. The third-order valence-electron chi connectivity index (χ3n) is 13.4. The average molecular weight is 775 g/mol. The van der Waals surface area contributed by atoms with E-state index in [-0.39, 0.29) is 5.41 Å². The maximum absolute atomic E-state index is 2.41. The highest BCUT2D eigenvalue weighted by Gasteiger charge is 2.51. The number of para-hydroxylation sites is 2. The lowest BCUT2D eigenvalue weighted by Crippen LogP contribution is -2.25. The fourth-order valence-corrected chi connectivity index (χ4v) is 10.9. The molecular formula is C59H38N2. The topological polar surface area (TPSA) is 8.17 Å². The average Bonchev–Trinajstić information content (AvgIpc) is 3.94. The molecule has 0 aliphatic heterocycles. The molecule has 284 valence electrons. The van der Waals surface area contributed by atoms with Gasteiger partial charge in [0, 0.05) is 33.5 Å². The number of fused-ring (bicyclic) bond motifs is 14. The van der Waals surface area contributed by atoms with Gasteiger partial charge in [-0.2, -0.15) is 0 Å². The maximum atomic E-state index is 2.41. The molecule has 1 spiro atoms. The molecule has 11 aromatic rings. The van der Waals surface area contributed by atoms with E-state index in [1.165, 1.54) is 88.2 Å². The first-order chi connectivity index (χ1) is 30.3. The molecule has 0 saturated carbocycles. The van der Waals surface area contributed by atoms with Gasteiger partial charge in [-0.05, 0) is 121 Å². The lowest BCUT2D eigenvalue weighted by molar-refractivity contribution is 0.794. The molecule has 0 bridgehead atoms. The number of hydrogen-bond donors (Lipinski definition) is 0. The maximum Gasteiger partial charge on any atom is 0.0725 e. The summed E-state index contributed by atoms with van der Waals surface area (Å²) in [5.74, 6) is 0. The van der Waals surface area contributed by atoms with Crippen LogP contribution < -0.4 is 4.90 Å². The third kappa shape index (κ3) is 4.79. The molecule has 13 rings (SSSR count). The molecule has 0 radical (unpaired) electrons. The summed E-state index contributed by atoms with van der Waals surface area (Å²) in [5.41, 5.74) is 19.6. The van der Waals surface area contributed by atoms with Gasteiger partial charge in [0.05, 0.1) is 16.4 Å². The Labute approximate surface area is 354 Å². The van der Waals surface area contributed by atoms with Crippen molar-refractivity contribution < 1.29 is 0 Å². The van der Waals surface area contributed by atoms with E-state index in [9.17, 15) is 0 Å². The molecular weight excluding hydrogens is 737 g/mol. The summed E-state index contributed by atoms with van der Waals surface area (Å²) in [4.78, 5) is 2.41. The van der Waals surface area contributed by atoms with Crippen LogP contribution in [0.1, 0.15) is 22.3 Å². The van der Waals surface area contributed by atoms with Crippen LogP contribution in [0.5, 0.6) is 0 Å². The Bertz CT molecular complexity index is 3490. The van der Waals surface area contributed by atoms with E-state index in [1.807, 2.05) is 0 Å². The van der Waals surface area contributed by atoms with Crippen molar-refractivity contribution in [3.8, 4) is 39.1 Å². The first kappa shape index (κ1) is 34.0. The van der Waals surface area contributed by atoms with Crippen molar-refractivity contribution in [1.29, 1.82) is 0 Å². The monoisotopic (exact) mass is 774 g/mol. The second-order valence-electron chi connectivity index (χ2n) is 16.4. The standard InChI is InChI=1S/C59H38N2/c1-2-17-42(18-3-1)61-56-28-13-9-21-49(56)50-36-35-45(38-57(50)61)60(44-34-29-39-15-4-5-16-41(39)37-44)43-32-30-40(31-33-43)46-23-14-27-55-58(46)51-22-8-12-26-54(51)59(55)52-24-10-6-19-47(52)48-20-7-11-25-53(48)59/h1-38H. The first-order valence-corrected chi connectivity index (χ1v) is 21.2. The molecule has 0 N–H and O–H groups in total. The van der Waals surface area contributed by atoms with Crippen molar-refractivity contribution in [2.45, 2.75) is 5.41 Å². The van der Waals surface area contributed by atoms with Gasteiger partial charge in [0.2, 0.25) is 0 Å². The van der Waals surface area contributed by atoms with E-state index in [4.69, 9.17) is 0 Å².